The predicted octanol–water partition coefficient (Wildman–Crippen LogP) is -0.834. The van der Waals surface area contributed by atoms with E-state index in [0.29, 0.717) is 12.2 Å². The first-order valence-electron chi connectivity index (χ1n) is 3.53. The number of carboxylic acids is 2. The van der Waals surface area contributed by atoms with Crippen molar-refractivity contribution in [1.29, 1.82) is 0 Å². The molecule has 0 aliphatic rings. The highest BCUT2D eigenvalue weighted by molar-refractivity contribution is 5.89. The molecule has 0 fully saturated rings. The third kappa shape index (κ3) is 9.40. The Morgan fingerprint density at radius 3 is 1.73 bits per heavy atom. The second-order valence-corrected chi connectivity index (χ2v) is 2.01. The first kappa shape index (κ1) is 12.5. The van der Waals surface area contributed by atoms with Gasteiger partial charge in [-0.2, -0.15) is 0 Å². The van der Waals surface area contributed by atoms with Gasteiger partial charge in [-0.15, -0.1) is 0 Å². The Morgan fingerprint density at radius 1 is 1.13 bits per heavy atom. The van der Waals surface area contributed by atoms with E-state index in [2.05, 4.69) is 15.0 Å². The molecule has 0 aromatic carbocycles. The number of carboxylic acid groups (broad SMARTS) is 2. The Hall–Kier alpha value is -2.51. The summed E-state index contributed by atoms with van der Waals surface area (Å²) >= 11 is 0. The van der Waals surface area contributed by atoms with Crippen molar-refractivity contribution in [3.63, 3.8) is 0 Å². The molecule has 0 bridgehead atoms. The molecule has 0 aliphatic carbocycles. The van der Waals surface area contributed by atoms with Crippen molar-refractivity contribution in [3.05, 3.63) is 24.8 Å². The molecule has 0 atom stereocenters. The molecule has 4 N–H and O–H groups in total. The lowest BCUT2D eigenvalue weighted by Gasteiger charge is -1.81. The van der Waals surface area contributed by atoms with Crippen molar-refractivity contribution in [3.8, 4) is 0 Å². The van der Waals surface area contributed by atoms with E-state index in [0.717, 1.165) is 0 Å². The lowest BCUT2D eigenvalue weighted by Crippen LogP contribution is -1.92. The average Bonchev–Trinajstić information content (AvgIpc) is 2.17. The lowest BCUT2D eigenvalue weighted by molar-refractivity contribution is -0.134. The maximum atomic E-state index is 9.55. The number of nitrogens with zero attached hydrogens (tertiary/aromatic N) is 3. The third-order valence-corrected chi connectivity index (χ3v) is 0.882. The highest BCUT2D eigenvalue weighted by Crippen LogP contribution is 1.77. The van der Waals surface area contributed by atoms with Crippen LogP contribution < -0.4 is 5.73 Å². The molecule has 1 rings (SSSR count). The minimum absolute atomic E-state index is 0.259. The number of nitrogen functional groups attached to an aromatic ring is 1. The molecule has 8 heteroatoms. The molecule has 0 radical (unpaired) electrons. The van der Waals surface area contributed by atoms with Gasteiger partial charge in [-0.05, 0) is 0 Å². The molecule has 0 unspecified atom stereocenters. The molecule has 0 spiro atoms. The fraction of sp³-hybridized carbons (Fsp3) is 0. The topological polar surface area (TPSA) is 139 Å². The zero-order chi connectivity index (χ0) is 11.7. The van der Waals surface area contributed by atoms with Gasteiger partial charge in [0, 0.05) is 12.2 Å². The molecular formula is C7H8N4O4. The molecule has 0 saturated carbocycles. The molecule has 0 aliphatic heterocycles. The van der Waals surface area contributed by atoms with Crippen LogP contribution in [0.4, 0.5) is 5.95 Å². The maximum Gasteiger partial charge on any atom is 0.328 e. The number of nitrogens with two attached hydrogens (primary N) is 1. The fourth-order valence-electron chi connectivity index (χ4n) is 0.391. The third-order valence-electron chi connectivity index (χ3n) is 0.882. The first-order chi connectivity index (χ1) is 7.02. The second kappa shape index (κ2) is 6.95. The molecule has 0 amide bonds. The van der Waals surface area contributed by atoms with Crippen LogP contribution in [-0.2, 0) is 9.59 Å². The number of aromatic nitrogens is 3. The van der Waals surface area contributed by atoms with Crippen molar-refractivity contribution in [2.24, 2.45) is 0 Å². The molecule has 15 heavy (non-hydrogen) atoms. The molecule has 8 nitrogen and oxygen atoms in total. The van der Waals surface area contributed by atoms with E-state index in [1.54, 1.807) is 0 Å². The predicted molar refractivity (Wildman–Crippen MR) is 48.7 cm³/mol. The van der Waals surface area contributed by atoms with Gasteiger partial charge in [-0.25, -0.2) is 24.5 Å². The van der Waals surface area contributed by atoms with Crippen LogP contribution in [0, 0.1) is 0 Å². The zero-order valence-electron chi connectivity index (χ0n) is 7.44. The number of rotatable bonds is 2. The van der Waals surface area contributed by atoms with E-state index >= 15 is 0 Å². The van der Waals surface area contributed by atoms with E-state index in [1.807, 2.05) is 0 Å². The van der Waals surface area contributed by atoms with Crippen molar-refractivity contribution < 1.29 is 19.8 Å². The summed E-state index contributed by atoms with van der Waals surface area (Å²) < 4.78 is 0. The number of carbonyl (C=O) groups is 2. The molecule has 1 aromatic heterocycles. The number of hydrogen-bond acceptors (Lipinski definition) is 6. The highest BCUT2D eigenvalue weighted by atomic mass is 16.4. The van der Waals surface area contributed by atoms with Crippen LogP contribution in [0.5, 0.6) is 0 Å². The SMILES string of the molecule is Nc1ncncn1.O=C(O)/C=C\C(=O)O. The zero-order valence-corrected chi connectivity index (χ0v) is 7.44. The van der Waals surface area contributed by atoms with Crippen LogP contribution >= 0.6 is 0 Å². The van der Waals surface area contributed by atoms with Crippen molar-refractivity contribution in [2.75, 3.05) is 5.73 Å². The van der Waals surface area contributed by atoms with Crippen LogP contribution in [0.1, 0.15) is 0 Å². The van der Waals surface area contributed by atoms with Gasteiger partial charge in [-0.1, -0.05) is 0 Å². The molecule has 0 saturated heterocycles. The minimum atomic E-state index is -1.26. The normalized spacial score (nSPS) is 9.07. The van der Waals surface area contributed by atoms with Gasteiger partial charge in [0.25, 0.3) is 0 Å². The van der Waals surface area contributed by atoms with Gasteiger partial charge in [0.15, 0.2) is 0 Å². The van der Waals surface area contributed by atoms with Crippen LogP contribution in [-0.4, -0.2) is 37.1 Å². The largest absolute Gasteiger partial charge is 0.478 e. The Labute approximate surface area is 84.1 Å². The smallest absolute Gasteiger partial charge is 0.328 e. The van der Waals surface area contributed by atoms with E-state index in [1.165, 1.54) is 12.7 Å². The van der Waals surface area contributed by atoms with Gasteiger partial charge in [0.1, 0.15) is 12.7 Å². The van der Waals surface area contributed by atoms with Gasteiger partial charge in [0.05, 0.1) is 0 Å². The minimum Gasteiger partial charge on any atom is -0.478 e. The van der Waals surface area contributed by atoms with E-state index < -0.39 is 11.9 Å². The summed E-state index contributed by atoms with van der Waals surface area (Å²) in [6, 6.07) is 0. The van der Waals surface area contributed by atoms with Crippen molar-refractivity contribution in [1.82, 2.24) is 15.0 Å². The van der Waals surface area contributed by atoms with Crippen molar-refractivity contribution >= 4 is 17.9 Å². The first-order valence-corrected chi connectivity index (χ1v) is 3.53. The monoisotopic (exact) mass is 212 g/mol. The summed E-state index contributed by atoms with van der Waals surface area (Å²) in [5, 5.41) is 15.6. The molecule has 1 heterocycles. The van der Waals surface area contributed by atoms with Crippen LogP contribution in [0.2, 0.25) is 0 Å². The van der Waals surface area contributed by atoms with E-state index in [9.17, 15) is 9.59 Å². The Morgan fingerprint density at radius 2 is 1.53 bits per heavy atom. The van der Waals surface area contributed by atoms with Crippen molar-refractivity contribution in [2.45, 2.75) is 0 Å². The quantitative estimate of drug-likeness (QED) is 0.539. The maximum absolute atomic E-state index is 9.55. The number of anilines is 1. The van der Waals surface area contributed by atoms with E-state index in [4.69, 9.17) is 15.9 Å². The Balaban J connectivity index is 0.000000262. The van der Waals surface area contributed by atoms with Gasteiger partial charge >= 0.3 is 11.9 Å². The second-order valence-electron chi connectivity index (χ2n) is 2.01. The Kier molecular flexibility index (Phi) is 5.79. The summed E-state index contributed by atoms with van der Waals surface area (Å²) in [5.41, 5.74) is 5.10. The lowest BCUT2D eigenvalue weighted by atomic mass is 10.5. The molecule has 80 valence electrons. The van der Waals surface area contributed by atoms with Gasteiger partial charge < -0.3 is 15.9 Å². The van der Waals surface area contributed by atoms with Gasteiger partial charge in [0.2, 0.25) is 5.95 Å². The molecule has 1 aromatic rings. The van der Waals surface area contributed by atoms with Gasteiger partial charge in [-0.3, -0.25) is 0 Å². The molecular weight excluding hydrogens is 204 g/mol. The standard InChI is InChI=1S/C4H4O4.C3H4N4/c5-3(6)1-2-4(7)8;4-3-6-1-5-2-7-3/h1-2H,(H,5,6)(H,7,8);1-2H,(H2,4,5,6,7)/b2-1-;. The summed E-state index contributed by atoms with van der Waals surface area (Å²) in [6.07, 6.45) is 3.81. The van der Waals surface area contributed by atoms with Crippen LogP contribution in [0.3, 0.4) is 0 Å². The summed E-state index contributed by atoms with van der Waals surface area (Å²) in [6.45, 7) is 0. The number of hydrogen-bond donors (Lipinski definition) is 3. The highest BCUT2D eigenvalue weighted by Gasteiger charge is 1.88. The van der Waals surface area contributed by atoms with Crippen LogP contribution in [0.25, 0.3) is 0 Å². The Bertz CT molecular complexity index is 335. The number of aliphatic carboxylic acids is 2. The van der Waals surface area contributed by atoms with Crippen LogP contribution in [0.15, 0.2) is 24.8 Å². The summed E-state index contributed by atoms with van der Waals surface area (Å²) in [5.74, 6) is -2.25. The van der Waals surface area contributed by atoms with E-state index in [-0.39, 0.29) is 5.95 Å². The summed E-state index contributed by atoms with van der Waals surface area (Å²) in [4.78, 5) is 29.7. The fourth-order valence-corrected chi connectivity index (χ4v) is 0.391. The average molecular weight is 212 g/mol. The summed E-state index contributed by atoms with van der Waals surface area (Å²) in [7, 11) is 0.